The van der Waals surface area contributed by atoms with Gasteiger partial charge in [-0.25, -0.2) is 0 Å². The van der Waals surface area contributed by atoms with Crippen molar-refractivity contribution in [2.75, 3.05) is 6.61 Å². The molecule has 0 heterocycles. The Balaban J connectivity index is 0. The normalized spacial score (nSPS) is 11.7. The molecular weight excluding hydrogens is 338 g/mol. The number of rotatable bonds is 15. The van der Waals surface area contributed by atoms with E-state index in [2.05, 4.69) is 11.2 Å². The largest absolute Gasteiger partial charge is 0.745 e. The molecule has 0 aromatic rings. The highest BCUT2D eigenvalue weighted by Gasteiger charge is 2.31. The van der Waals surface area contributed by atoms with Crippen LogP contribution >= 0.6 is 16.5 Å². The molecule has 0 fully saturated rings. The van der Waals surface area contributed by atoms with Crippen LogP contribution in [0.5, 0.6) is 0 Å². The monoisotopic (exact) mass is 372 g/mol. The molecule has 0 radical (unpaired) electrons. The van der Waals surface area contributed by atoms with E-state index in [1.54, 1.807) is 0 Å². The molecule has 0 amide bonds. The van der Waals surface area contributed by atoms with Crippen molar-refractivity contribution in [3.8, 4) is 0 Å². The van der Waals surface area contributed by atoms with E-state index in [4.69, 9.17) is 14.9 Å². The molecule has 0 aromatic carbocycles. The Labute approximate surface area is 142 Å². The van der Waals surface area contributed by atoms with Crippen LogP contribution in [0.4, 0.5) is 0 Å². The highest BCUT2D eigenvalue weighted by Crippen LogP contribution is 2.30. The Morgan fingerprint density at radius 3 is 1.17 bits per heavy atom. The van der Waals surface area contributed by atoms with E-state index in [1.165, 1.54) is 77.0 Å². The molecule has 6 nitrogen and oxygen atoms in total. The molecule has 0 bridgehead atoms. The summed E-state index contributed by atoms with van der Waals surface area (Å²) in [5.74, 6) is 0. The number of aliphatic hydroxyl groups excluding tert-OH is 1. The summed E-state index contributed by atoms with van der Waals surface area (Å²) in [5.41, 5.74) is 0. The van der Waals surface area contributed by atoms with Crippen LogP contribution in [0, 0.1) is 0 Å². The van der Waals surface area contributed by atoms with Crippen molar-refractivity contribution in [3.63, 3.8) is 0 Å². The van der Waals surface area contributed by atoms with Gasteiger partial charge in [0.15, 0.2) is 4.31 Å². The van der Waals surface area contributed by atoms with Crippen LogP contribution in [0.15, 0.2) is 0 Å². The summed E-state index contributed by atoms with van der Waals surface area (Å²) in [5, 5.41) is 8.63. The Hall–Kier alpha value is 0.0400. The van der Waals surface area contributed by atoms with E-state index in [1.807, 2.05) is 0 Å². The van der Waals surface area contributed by atoms with Gasteiger partial charge in [-0.3, -0.25) is 0 Å². The van der Waals surface area contributed by atoms with Gasteiger partial charge in [0, 0.05) is 15.7 Å². The average molecular weight is 372 g/mol. The smallest absolute Gasteiger partial charge is 0.396 e. The van der Waals surface area contributed by atoms with Gasteiger partial charge >= 0.3 is 16.5 Å². The molecule has 8 heteroatoms. The van der Waals surface area contributed by atoms with Gasteiger partial charge in [0.05, 0.1) is 0 Å². The first-order valence-electron chi connectivity index (χ1n) is 8.65. The molecule has 3 N–H and O–H groups in total. The SMILES string of the molecule is CCCCCCCCCCCCCCCO.O=[P+](O)O[P+](=O)O. The van der Waals surface area contributed by atoms with Crippen LogP contribution in [0.1, 0.15) is 90.4 Å². The van der Waals surface area contributed by atoms with Crippen molar-refractivity contribution in [2.45, 2.75) is 90.4 Å². The molecular formula is C15H34O6P2+2. The van der Waals surface area contributed by atoms with Crippen LogP contribution in [0.25, 0.3) is 0 Å². The highest BCUT2D eigenvalue weighted by molar-refractivity contribution is 7.46. The Bertz CT molecular complexity index is 251. The van der Waals surface area contributed by atoms with Crippen molar-refractivity contribution in [1.29, 1.82) is 0 Å². The standard InChI is InChI=1S/C15H32O.O5P2/c1-2-3-4-5-6-7-8-9-10-11-12-13-14-15-16;1-6(2)5-7(3)4/h16H,2-15H2,1H3;/p+2. The molecule has 2 atom stereocenters. The lowest BCUT2D eigenvalue weighted by Gasteiger charge is -2.02. The van der Waals surface area contributed by atoms with Crippen molar-refractivity contribution >= 4 is 16.5 Å². The fourth-order valence-corrected chi connectivity index (χ4v) is 2.67. The van der Waals surface area contributed by atoms with E-state index < -0.39 is 16.5 Å². The maximum atomic E-state index is 9.39. The highest BCUT2D eigenvalue weighted by atomic mass is 31.2. The van der Waals surface area contributed by atoms with Gasteiger partial charge < -0.3 is 5.11 Å². The number of aliphatic hydroxyl groups is 1. The molecule has 0 spiro atoms. The third-order valence-corrected chi connectivity index (χ3v) is 4.52. The number of hydrogen-bond donors (Lipinski definition) is 3. The number of unbranched alkanes of at least 4 members (excludes halogenated alkanes) is 12. The van der Waals surface area contributed by atoms with Crippen LogP contribution in [0.3, 0.4) is 0 Å². The van der Waals surface area contributed by atoms with E-state index in [-0.39, 0.29) is 0 Å². The van der Waals surface area contributed by atoms with Crippen molar-refractivity contribution in [2.24, 2.45) is 0 Å². The zero-order valence-electron chi connectivity index (χ0n) is 14.4. The third-order valence-electron chi connectivity index (χ3n) is 3.40. The minimum absolute atomic E-state index is 0.373. The van der Waals surface area contributed by atoms with Gasteiger partial charge in [0.2, 0.25) is 0 Å². The molecule has 0 saturated heterocycles. The second kappa shape index (κ2) is 22.0. The topological polar surface area (TPSA) is 104 Å². The lowest BCUT2D eigenvalue weighted by atomic mass is 10.0. The van der Waals surface area contributed by atoms with Crippen molar-refractivity contribution in [1.82, 2.24) is 0 Å². The summed E-state index contributed by atoms with van der Waals surface area (Å²) in [7, 11) is -5.85. The second-order valence-electron chi connectivity index (χ2n) is 5.52. The first-order chi connectivity index (χ1) is 11.0. The Kier molecular flexibility index (Phi) is 24.2. The summed E-state index contributed by atoms with van der Waals surface area (Å²) in [6.07, 6.45) is 17.7. The van der Waals surface area contributed by atoms with Gasteiger partial charge in [0.1, 0.15) is 0 Å². The van der Waals surface area contributed by atoms with Gasteiger partial charge in [-0.2, -0.15) is 0 Å². The molecule has 0 aliphatic rings. The predicted molar refractivity (Wildman–Crippen MR) is 93.5 cm³/mol. The fourth-order valence-electron chi connectivity index (χ4n) is 2.19. The van der Waals surface area contributed by atoms with Gasteiger partial charge in [-0.05, 0) is 6.42 Å². The van der Waals surface area contributed by atoms with E-state index in [0.29, 0.717) is 6.61 Å². The first kappa shape index (κ1) is 25.3. The Morgan fingerprint density at radius 1 is 0.652 bits per heavy atom. The molecule has 0 rings (SSSR count). The molecule has 138 valence electrons. The summed E-state index contributed by atoms with van der Waals surface area (Å²) >= 11 is 0. The summed E-state index contributed by atoms with van der Waals surface area (Å²) in [6, 6.07) is 0. The summed E-state index contributed by atoms with van der Waals surface area (Å²) in [4.78, 5) is 15.3. The zero-order chi connectivity index (χ0) is 17.8. The Morgan fingerprint density at radius 2 is 0.957 bits per heavy atom. The van der Waals surface area contributed by atoms with Crippen molar-refractivity contribution < 1.29 is 28.3 Å². The minimum Gasteiger partial charge on any atom is -0.396 e. The van der Waals surface area contributed by atoms with Crippen LogP contribution in [-0.2, 0) is 13.4 Å². The maximum absolute atomic E-state index is 9.39. The van der Waals surface area contributed by atoms with Gasteiger partial charge in [0.25, 0.3) is 0 Å². The molecule has 0 saturated carbocycles. The van der Waals surface area contributed by atoms with Crippen LogP contribution in [-0.4, -0.2) is 21.5 Å². The molecule has 23 heavy (non-hydrogen) atoms. The fraction of sp³-hybridized carbons (Fsp3) is 1.00. The van der Waals surface area contributed by atoms with Crippen molar-refractivity contribution in [3.05, 3.63) is 0 Å². The lowest BCUT2D eigenvalue weighted by Crippen LogP contribution is -1.84. The van der Waals surface area contributed by atoms with Gasteiger partial charge in [-0.15, -0.1) is 9.79 Å². The second-order valence-corrected chi connectivity index (χ2v) is 7.13. The average Bonchev–Trinajstić information content (AvgIpc) is 2.48. The predicted octanol–water partition coefficient (Wildman–Crippen LogP) is 5.37. The first-order valence-corrected chi connectivity index (χ1v) is 10.9. The lowest BCUT2D eigenvalue weighted by molar-refractivity contribution is 0.282. The summed E-state index contributed by atoms with van der Waals surface area (Å²) in [6.45, 7) is 2.65. The van der Waals surface area contributed by atoms with Gasteiger partial charge in [-0.1, -0.05) is 84.0 Å². The maximum Gasteiger partial charge on any atom is 0.745 e. The van der Waals surface area contributed by atoms with Crippen LogP contribution in [0.2, 0.25) is 0 Å². The third kappa shape index (κ3) is 30.5. The van der Waals surface area contributed by atoms with Crippen LogP contribution < -0.4 is 0 Å². The molecule has 0 aromatic heterocycles. The minimum atomic E-state index is -2.92. The zero-order valence-corrected chi connectivity index (χ0v) is 16.1. The van der Waals surface area contributed by atoms with E-state index in [9.17, 15) is 9.13 Å². The quantitative estimate of drug-likeness (QED) is 0.264. The van der Waals surface area contributed by atoms with E-state index >= 15 is 0 Å². The molecule has 0 aliphatic carbocycles. The number of hydrogen-bond acceptors (Lipinski definition) is 4. The molecule has 2 unspecified atom stereocenters. The van der Waals surface area contributed by atoms with E-state index in [0.717, 1.165) is 6.42 Å². The summed E-state index contributed by atoms with van der Waals surface area (Å²) < 4.78 is 22.2. The molecule has 0 aliphatic heterocycles.